The van der Waals surface area contributed by atoms with Gasteiger partial charge in [0.1, 0.15) is 0 Å². The maximum atomic E-state index is 12.5. The Hall–Kier alpha value is -0.630. The first kappa shape index (κ1) is 12.4. The van der Waals surface area contributed by atoms with E-state index < -0.39 is 0 Å². The largest absolute Gasteiger partial charge is 0.294 e. The Morgan fingerprint density at radius 2 is 1.94 bits per heavy atom. The van der Waals surface area contributed by atoms with Gasteiger partial charge in [0.05, 0.1) is 0 Å². The van der Waals surface area contributed by atoms with E-state index in [0.29, 0.717) is 11.7 Å². The second-order valence-corrected chi connectivity index (χ2v) is 7.24. The van der Waals surface area contributed by atoms with Gasteiger partial charge in [0.25, 0.3) is 0 Å². The molecule has 3 rings (SSSR count). The number of rotatable bonds is 2. The van der Waals surface area contributed by atoms with E-state index in [1.165, 1.54) is 43.4 Å². The molecule has 0 aliphatic heterocycles. The summed E-state index contributed by atoms with van der Waals surface area (Å²) in [5.74, 6) is 2.52. The first-order valence-electron chi connectivity index (χ1n) is 7.33. The minimum Gasteiger partial charge on any atom is -0.294 e. The summed E-state index contributed by atoms with van der Waals surface area (Å²) in [6.07, 6.45) is 9.20. The average Bonchev–Trinajstić information content (AvgIpc) is 2.84. The molecule has 1 aromatic heterocycles. The Bertz CT molecular complexity index is 434. The second-order valence-electron chi connectivity index (χ2n) is 6.12. The molecule has 2 fully saturated rings. The van der Waals surface area contributed by atoms with Gasteiger partial charge in [-0.05, 0) is 44.1 Å². The Balaban J connectivity index is 1.68. The lowest BCUT2D eigenvalue weighted by Crippen LogP contribution is -2.31. The summed E-state index contributed by atoms with van der Waals surface area (Å²) < 4.78 is 0. The molecule has 0 bridgehead atoms. The summed E-state index contributed by atoms with van der Waals surface area (Å²) in [6, 6.07) is 2.07. The Morgan fingerprint density at radius 3 is 2.67 bits per heavy atom. The molecular formula is C16H22OS. The average molecular weight is 262 g/mol. The fourth-order valence-corrected chi connectivity index (χ4v) is 4.61. The summed E-state index contributed by atoms with van der Waals surface area (Å²) in [5.41, 5.74) is 0.969. The van der Waals surface area contributed by atoms with Gasteiger partial charge in [-0.2, -0.15) is 0 Å². The smallest absolute Gasteiger partial charge is 0.166 e. The van der Waals surface area contributed by atoms with Crippen LogP contribution in [0.5, 0.6) is 0 Å². The number of ketones is 1. The zero-order valence-electron chi connectivity index (χ0n) is 11.2. The van der Waals surface area contributed by atoms with Gasteiger partial charge in [-0.3, -0.25) is 4.79 Å². The van der Waals surface area contributed by atoms with Crippen molar-refractivity contribution in [1.29, 1.82) is 0 Å². The number of hydrogen-bond acceptors (Lipinski definition) is 2. The first-order chi connectivity index (χ1) is 8.74. The number of thiophene rings is 1. The Kier molecular flexibility index (Phi) is 3.56. The molecule has 0 radical (unpaired) electrons. The SMILES string of the molecule is Cc1cc(C(=O)C2CCC3CCCCC3C2)cs1. The molecule has 18 heavy (non-hydrogen) atoms. The molecule has 2 aliphatic carbocycles. The fourth-order valence-electron chi connectivity index (χ4n) is 3.92. The Morgan fingerprint density at radius 1 is 1.17 bits per heavy atom. The van der Waals surface area contributed by atoms with Crippen molar-refractivity contribution in [3.8, 4) is 0 Å². The van der Waals surface area contributed by atoms with E-state index in [-0.39, 0.29) is 0 Å². The van der Waals surface area contributed by atoms with Gasteiger partial charge >= 0.3 is 0 Å². The third-order valence-electron chi connectivity index (χ3n) is 4.93. The van der Waals surface area contributed by atoms with Crippen molar-refractivity contribution in [1.82, 2.24) is 0 Å². The van der Waals surface area contributed by atoms with Gasteiger partial charge in [-0.1, -0.05) is 25.7 Å². The van der Waals surface area contributed by atoms with Crippen LogP contribution in [0, 0.1) is 24.7 Å². The number of hydrogen-bond donors (Lipinski definition) is 0. The lowest BCUT2D eigenvalue weighted by atomic mass is 9.66. The molecule has 98 valence electrons. The standard InChI is InChI=1S/C16H22OS/c1-11-8-15(10-18-11)16(17)14-7-6-12-4-2-3-5-13(12)9-14/h8,10,12-14H,2-7,9H2,1H3. The number of Topliss-reactive ketones (excluding diaryl/α,β-unsaturated/α-hetero) is 1. The van der Waals surface area contributed by atoms with Crippen LogP contribution in [0.25, 0.3) is 0 Å². The maximum absolute atomic E-state index is 12.5. The highest BCUT2D eigenvalue weighted by atomic mass is 32.1. The van der Waals surface area contributed by atoms with Gasteiger partial charge < -0.3 is 0 Å². The number of fused-ring (bicyclic) bond motifs is 1. The monoisotopic (exact) mass is 262 g/mol. The van der Waals surface area contributed by atoms with Gasteiger partial charge in [0.2, 0.25) is 0 Å². The fraction of sp³-hybridized carbons (Fsp3) is 0.688. The summed E-state index contributed by atoms with van der Waals surface area (Å²) in [5, 5.41) is 2.05. The maximum Gasteiger partial charge on any atom is 0.166 e. The molecule has 2 heteroatoms. The summed E-state index contributed by atoms with van der Waals surface area (Å²) in [4.78, 5) is 13.7. The number of aryl methyl sites for hydroxylation is 1. The van der Waals surface area contributed by atoms with Gasteiger partial charge in [0.15, 0.2) is 5.78 Å². The highest BCUT2D eigenvalue weighted by Gasteiger charge is 2.35. The minimum atomic E-state index is 0.318. The van der Waals surface area contributed by atoms with Crippen molar-refractivity contribution >= 4 is 17.1 Å². The van der Waals surface area contributed by atoms with Crippen molar-refractivity contribution in [2.45, 2.75) is 51.9 Å². The predicted molar refractivity (Wildman–Crippen MR) is 76.2 cm³/mol. The van der Waals surface area contributed by atoms with Crippen LogP contribution in [0.2, 0.25) is 0 Å². The van der Waals surface area contributed by atoms with Crippen LogP contribution in [0.4, 0.5) is 0 Å². The van der Waals surface area contributed by atoms with Gasteiger partial charge in [0, 0.05) is 21.7 Å². The van der Waals surface area contributed by atoms with E-state index in [4.69, 9.17) is 0 Å². The van der Waals surface area contributed by atoms with Crippen LogP contribution < -0.4 is 0 Å². The molecule has 0 spiro atoms. The van der Waals surface area contributed by atoms with E-state index in [1.54, 1.807) is 11.3 Å². The van der Waals surface area contributed by atoms with Crippen molar-refractivity contribution in [3.63, 3.8) is 0 Å². The zero-order chi connectivity index (χ0) is 12.5. The number of carbonyl (C=O) groups is 1. The molecule has 2 saturated carbocycles. The van der Waals surface area contributed by atoms with Crippen molar-refractivity contribution < 1.29 is 4.79 Å². The highest BCUT2D eigenvalue weighted by molar-refractivity contribution is 7.10. The summed E-state index contributed by atoms with van der Waals surface area (Å²) >= 11 is 1.70. The quantitative estimate of drug-likeness (QED) is 0.697. The summed E-state index contributed by atoms with van der Waals surface area (Å²) in [7, 11) is 0. The van der Waals surface area contributed by atoms with Gasteiger partial charge in [-0.25, -0.2) is 0 Å². The molecule has 1 nitrogen and oxygen atoms in total. The third kappa shape index (κ3) is 2.40. The minimum absolute atomic E-state index is 0.318. The lowest BCUT2D eigenvalue weighted by molar-refractivity contribution is 0.0764. The second kappa shape index (κ2) is 5.16. The highest BCUT2D eigenvalue weighted by Crippen LogP contribution is 2.43. The third-order valence-corrected chi connectivity index (χ3v) is 5.79. The van der Waals surface area contributed by atoms with Gasteiger partial charge in [-0.15, -0.1) is 11.3 Å². The molecule has 3 unspecified atom stereocenters. The molecular weight excluding hydrogens is 240 g/mol. The molecule has 3 atom stereocenters. The van der Waals surface area contributed by atoms with Crippen LogP contribution in [0.3, 0.4) is 0 Å². The van der Waals surface area contributed by atoms with E-state index in [1.807, 2.05) is 5.38 Å². The molecule has 1 heterocycles. The molecule has 0 amide bonds. The summed E-state index contributed by atoms with van der Waals surface area (Å²) in [6.45, 7) is 2.08. The van der Waals surface area contributed by atoms with Crippen molar-refractivity contribution in [3.05, 3.63) is 21.9 Å². The van der Waals surface area contributed by atoms with Crippen LogP contribution >= 0.6 is 11.3 Å². The van der Waals surface area contributed by atoms with E-state index in [0.717, 1.165) is 23.8 Å². The molecule has 0 saturated heterocycles. The van der Waals surface area contributed by atoms with Crippen LogP contribution in [0.1, 0.15) is 60.2 Å². The zero-order valence-corrected chi connectivity index (χ0v) is 12.0. The lowest BCUT2D eigenvalue weighted by Gasteiger charge is -2.38. The normalized spacial score (nSPS) is 31.9. The van der Waals surface area contributed by atoms with Crippen molar-refractivity contribution in [2.75, 3.05) is 0 Å². The molecule has 1 aromatic rings. The Labute approximate surface area is 114 Å². The van der Waals surface area contributed by atoms with E-state index >= 15 is 0 Å². The van der Waals surface area contributed by atoms with E-state index in [9.17, 15) is 4.79 Å². The molecule has 2 aliphatic rings. The van der Waals surface area contributed by atoms with Crippen molar-refractivity contribution in [2.24, 2.45) is 17.8 Å². The predicted octanol–water partition coefficient (Wildman–Crippen LogP) is 4.85. The first-order valence-corrected chi connectivity index (χ1v) is 8.21. The molecule has 0 aromatic carbocycles. The van der Waals surface area contributed by atoms with Crippen LogP contribution in [-0.4, -0.2) is 5.78 Å². The van der Waals surface area contributed by atoms with Crippen LogP contribution in [-0.2, 0) is 0 Å². The number of carbonyl (C=O) groups excluding carboxylic acids is 1. The topological polar surface area (TPSA) is 17.1 Å². The van der Waals surface area contributed by atoms with E-state index in [2.05, 4.69) is 13.0 Å². The molecule has 0 N–H and O–H groups in total. The van der Waals surface area contributed by atoms with Crippen LogP contribution in [0.15, 0.2) is 11.4 Å².